The van der Waals surface area contributed by atoms with Crippen LogP contribution in [0.1, 0.15) is 29.5 Å². The zero-order valence-corrected chi connectivity index (χ0v) is 11.9. The highest BCUT2D eigenvalue weighted by molar-refractivity contribution is 5.84. The lowest BCUT2D eigenvalue weighted by molar-refractivity contribution is -0.145. The van der Waals surface area contributed by atoms with Gasteiger partial charge >= 0.3 is 5.97 Å². The molecule has 1 aromatic carbocycles. The largest absolute Gasteiger partial charge is 0.481 e. The van der Waals surface area contributed by atoms with Gasteiger partial charge in [0.15, 0.2) is 0 Å². The van der Waals surface area contributed by atoms with E-state index < -0.39 is 11.4 Å². The van der Waals surface area contributed by atoms with Crippen LogP contribution >= 0.6 is 0 Å². The number of piperidine rings is 1. The Balaban J connectivity index is 2.54. The molecule has 1 fully saturated rings. The number of hydrogen-bond donors (Lipinski definition) is 2. The van der Waals surface area contributed by atoms with E-state index in [-0.39, 0.29) is 0 Å². The fraction of sp³-hybridized carbons (Fsp3) is 0.533. The zero-order valence-electron chi connectivity index (χ0n) is 11.9. The number of nitrogens with two attached hydrogens (primary N) is 1. The lowest BCUT2D eigenvalue weighted by atomic mass is 9.71. The Bertz CT molecular complexity index is 503. The van der Waals surface area contributed by atoms with Crippen LogP contribution in [0.5, 0.6) is 0 Å². The van der Waals surface area contributed by atoms with E-state index in [1.807, 2.05) is 33.0 Å². The molecule has 1 saturated heterocycles. The van der Waals surface area contributed by atoms with E-state index in [2.05, 4.69) is 4.90 Å². The molecule has 0 spiro atoms. The molecule has 4 nitrogen and oxygen atoms in total. The van der Waals surface area contributed by atoms with Crippen molar-refractivity contribution < 1.29 is 9.90 Å². The number of carbonyl (C=O) groups is 1. The number of aryl methyl sites for hydroxylation is 2. The second-order valence-corrected chi connectivity index (χ2v) is 5.73. The van der Waals surface area contributed by atoms with E-state index in [0.29, 0.717) is 18.5 Å². The molecule has 0 unspecified atom stereocenters. The van der Waals surface area contributed by atoms with E-state index in [1.165, 1.54) is 0 Å². The Hall–Kier alpha value is -1.55. The Labute approximate surface area is 114 Å². The van der Waals surface area contributed by atoms with E-state index in [1.54, 1.807) is 0 Å². The summed E-state index contributed by atoms with van der Waals surface area (Å²) in [6.45, 7) is 5.51. The zero-order chi connectivity index (χ0) is 14.2. The second kappa shape index (κ2) is 4.85. The molecular weight excluding hydrogens is 240 g/mol. The van der Waals surface area contributed by atoms with E-state index in [9.17, 15) is 9.90 Å². The molecule has 0 radical (unpaired) electrons. The van der Waals surface area contributed by atoms with E-state index in [4.69, 9.17) is 5.73 Å². The minimum Gasteiger partial charge on any atom is -0.481 e. The van der Waals surface area contributed by atoms with Gasteiger partial charge in [0.05, 0.1) is 5.41 Å². The minimum absolute atomic E-state index is 0.617. The predicted octanol–water partition coefficient (Wildman–Crippen LogP) is 1.93. The molecule has 1 aliphatic rings. The van der Waals surface area contributed by atoms with Crippen LogP contribution in [0.25, 0.3) is 0 Å². The standard InChI is InChI=1S/C15H22N2O2/c1-10-8-11(2)13(16)12(9-10)15(14(18)19)4-6-17(3)7-5-15/h8-9H,4-7,16H2,1-3H3,(H,18,19). The van der Waals surface area contributed by atoms with Gasteiger partial charge in [-0.3, -0.25) is 4.79 Å². The van der Waals surface area contributed by atoms with Crippen LogP contribution in [-0.2, 0) is 10.2 Å². The van der Waals surface area contributed by atoms with Crippen LogP contribution in [0.3, 0.4) is 0 Å². The number of nitrogen functional groups attached to an aromatic ring is 1. The maximum atomic E-state index is 11.9. The lowest BCUT2D eigenvalue weighted by Crippen LogP contribution is -2.46. The summed E-state index contributed by atoms with van der Waals surface area (Å²) in [6, 6.07) is 3.95. The van der Waals surface area contributed by atoms with Crippen LogP contribution < -0.4 is 5.73 Å². The molecule has 1 aliphatic heterocycles. The first kappa shape index (κ1) is 13.9. The number of likely N-dealkylation sites (tertiary alicyclic amines) is 1. The number of nitrogens with zero attached hydrogens (tertiary/aromatic N) is 1. The average molecular weight is 262 g/mol. The first-order valence-corrected chi connectivity index (χ1v) is 6.66. The molecule has 104 valence electrons. The topological polar surface area (TPSA) is 66.6 Å². The van der Waals surface area contributed by atoms with Crippen molar-refractivity contribution in [1.29, 1.82) is 0 Å². The summed E-state index contributed by atoms with van der Waals surface area (Å²) < 4.78 is 0. The predicted molar refractivity (Wildman–Crippen MR) is 76.4 cm³/mol. The summed E-state index contributed by atoms with van der Waals surface area (Å²) in [5, 5.41) is 9.76. The van der Waals surface area contributed by atoms with Crippen LogP contribution in [-0.4, -0.2) is 36.1 Å². The quantitative estimate of drug-likeness (QED) is 0.799. The maximum Gasteiger partial charge on any atom is 0.314 e. The molecule has 19 heavy (non-hydrogen) atoms. The number of carboxylic acid groups (broad SMARTS) is 1. The summed E-state index contributed by atoms with van der Waals surface area (Å²) in [5.74, 6) is -0.752. The highest BCUT2D eigenvalue weighted by atomic mass is 16.4. The van der Waals surface area contributed by atoms with Gasteiger partial charge in [0.25, 0.3) is 0 Å². The van der Waals surface area contributed by atoms with Crippen LogP contribution in [0.2, 0.25) is 0 Å². The van der Waals surface area contributed by atoms with Gasteiger partial charge in [0, 0.05) is 5.69 Å². The second-order valence-electron chi connectivity index (χ2n) is 5.73. The molecule has 1 aromatic rings. The fourth-order valence-corrected chi connectivity index (χ4v) is 2.97. The number of anilines is 1. The molecule has 1 heterocycles. The van der Waals surface area contributed by atoms with Crippen LogP contribution in [0, 0.1) is 13.8 Å². The van der Waals surface area contributed by atoms with Crippen LogP contribution in [0.4, 0.5) is 5.69 Å². The summed E-state index contributed by atoms with van der Waals surface area (Å²) in [6.07, 6.45) is 1.23. The number of benzene rings is 1. The molecule has 3 N–H and O–H groups in total. The van der Waals surface area contributed by atoms with Crippen molar-refractivity contribution in [3.8, 4) is 0 Å². The maximum absolute atomic E-state index is 11.9. The van der Waals surface area contributed by atoms with Crippen molar-refractivity contribution in [2.45, 2.75) is 32.1 Å². The third-order valence-corrected chi connectivity index (χ3v) is 4.30. The summed E-state index contributed by atoms with van der Waals surface area (Å²) >= 11 is 0. The first-order valence-electron chi connectivity index (χ1n) is 6.66. The highest BCUT2D eigenvalue weighted by Gasteiger charge is 2.44. The van der Waals surface area contributed by atoms with Gasteiger partial charge < -0.3 is 15.7 Å². The summed E-state index contributed by atoms with van der Waals surface area (Å²) in [5.41, 5.74) is 8.81. The third-order valence-electron chi connectivity index (χ3n) is 4.30. The van der Waals surface area contributed by atoms with Crippen molar-refractivity contribution >= 4 is 11.7 Å². The molecule has 4 heteroatoms. The normalized spacial score (nSPS) is 19.3. The smallest absolute Gasteiger partial charge is 0.314 e. The Kier molecular flexibility index (Phi) is 3.54. The molecule has 0 atom stereocenters. The van der Waals surface area contributed by atoms with Gasteiger partial charge in [0.2, 0.25) is 0 Å². The van der Waals surface area contributed by atoms with Crippen molar-refractivity contribution in [1.82, 2.24) is 4.90 Å². The number of aliphatic carboxylic acids is 1. The Morgan fingerprint density at radius 1 is 1.32 bits per heavy atom. The van der Waals surface area contributed by atoms with Crippen molar-refractivity contribution in [2.75, 3.05) is 25.9 Å². The van der Waals surface area contributed by atoms with Gasteiger partial charge in [-0.15, -0.1) is 0 Å². The molecule has 0 bridgehead atoms. The van der Waals surface area contributed by atoms with Crippen molar-refractivity contribution in [3.05, 3.63) is 28.8 Å². The highest BCUT2D eigenvalue weighted by Crippen LogP contribution is 2.40. The van der Waals surface area contributed by atoms with Gasteiger partial charge in [-0.1, -0.05) is 17.7 Å². The molecule has 0 aliphatic carbocycles. The van der Waals surface area contributed by atoms with Crippen molar-refractivity contribution in [3.63, 3.8) is 0 Å². The minimum atomic E-state index is -0.826. The fourth-order valence-electron chi connectivity index (χ4n) is 2.97. The van der Waals surface area contributed by atoms with Crippen LogP contribution in [0.15, 0.2) is 12.1 Å². The van der Waals surface area contributed by atoms with Gasteiger partial charge in [-0.2, -0.15) is 0 Å². The molecule has 0 amide bonds. The average Bonchev–Trinajstić information content (AvgIpc) is 2.35. The monoisotopic (exact) mass is 262 g/mol. The van der Waals surface area contributed by atoms with Gasteiger partial charge in [-0.25, -0.2) is 0 Å². The van der Waals surface area contributed by atoms with E-state index >= 15 is 0 Å². The Morgan fingerprint density at radius 3 is 2.42 bits per heavy atom. The SMILES string of the molecule is Cc1cc(C)c(N)c(C2(C(=O)O)CCN(C)CC2)c1. The van der Waals surface area contributed by atoms with Gasteiger partial charge in [0.1, 0.15) is 0 Å². The lowest BCUT2D eigenvalue weighted by Gasteiger charge is -2.38. The molecule has 0 aromatic heterocycles. The Morgan fingerprint density at radius 2 is 1.89 bits per heavy atom. The summed E-state index contributed by atoms with van der Waals surface area (Å²) in [7, 11) is 2.02. The molecule has 0 saturated carbocycles. The molecular formula is C15H22N2O2. The van der Waals surface area contributed by atoms with Gasteiger partial charge in [-0.05, 0) is 58.0 Å². The van der Waals surface area contributed by atoms with E-state index in [0.717, 1.165) is 29.8 Å². The number of rotatable bonds is 2. The number of carboxylic acids is 1. The first-order chi connectivity index (χ1) is 8.86. The third kappa shape index (κ3) is 2.32. The summed E-state index contributed by atoms with van der Waals surface area (Å²) in [4.78, 5) is 14.1. The van der Waals surface area contributed by atoms with Crippen molar-refractivity contribution in [2.24, 2.45) is 0 Å². The molecule has 2 rings (SSSR count). The number of hydrogen-bond acceptors (Lipinski definition) is 3.